The van der Waals surface area contributed by atoms with Gasteiger partial charge in [-0.2, -0.15) is 0 Å². The fourth-order valence-corrected chi connectivity index (χ4v) is 1.70. The normalized spacial score (nSPS) is 9.93. The third-order valence-corrected chi connectivity index (χ3v) is 2.37. The Morgan fingerprint density at radius 1 is 1.13 bits per heavy atom. The number of rotatable bonds is 2. The van der Waals surface area contributed by atoms with Crippen LogP contribution in [0.2, 0.25) is 0 Å². The molecule has 0 bridgehead atoms. The van der Waals surface area contributed by atoms with Gasteiger partial charge >= 0.3 is 0 Å². The number of aromatic hydroxyl groups is 1. The third-order valence-electron chi connectivity index (χ3n) is 2.37. The quantitative estimate of drug-likeness (QED) is 0.879. The first kappa shape index (κ1) is 12.0. The van der Waals surface area contributed by atoms with Crippen LogP contribution in [0, 0.1) is 0 Å². The summed E-state index contributed by atoms with van der Waals surface area (Å²) >= 11 is 0. The Labute approximate surface area is 99.5 Å². The van der Waals surface area contributed by atoms with Gasteiger partial charge in [0, 0.05) is 0 Å². The van der Waals surface area contributed by atoms with Crippen LogP contribution in [-0.4, -0.2) is 11.7 Å². The number of hydrogen-bond donors (Lipinski definition) is 2. The fraction of sp³-hybridized carbons (Fsp3) is 0.167. The van der Waals surface area contributed by atoms with Crippen LogP contribution in [0.15, 0.2) is 36.4 Å². The average molecular weight is 268 g/mol. The van der Waals surface area contributed by atoms with E-state index in [1.165, 1.54) is 5.56 Å². The number of phenols is 1. The highest BCUT2D eigenvalue weighted by molar-refractivity contribution is 8.93. The first-order valence-corrected chi connectivity index (χ1v) is 4.72. The van der Waals surface area contributed by atoms with E-state index in [2.05, 4.69) is 6.07 Å². The second-order valence-corrected chi connectivity index (χ2v) is 3.36. The Hall–Kier alpha value is -1.06. The van der Waals surface area contributed by atoms with E-state index < -0.39 is 0 Å². The molecule has 2 rings (SSSR count). The average Bonchev–Trinajstić information content (AvgIpc) is 2.19. The van der Waals surface area contributed by atoms with Crippen LogP contribution in [-0.2, 0) is 6.42 Å². The summed E-state index contributed by atoms with van der Waals surface area (Å²) in [6.45, 7) is 0.634. The van der Waals surface area contributed by atoms with Gasteiger partial charge in [0.1, 0.15) is 5.75 Å². The lowest BCUT2D eigenvalue weighted by molar-refractivity contribution is 0.476. The standard InChI is InChI=1S/C12H13NO.BrH/c13-7-6-10-3-1-2-9-4-5-11(14)8-12(9)10;/h1-5,8,14H,6-7,13H2;1H. The molecule has 0 atom stereocenters. The van der Waals surface area contributed by atoms with Crippen LogP contribution >= 0.6 is 17.0 Å². The third kappa shape index (κ3) is 2.49. The van der Waals surface area contributed by atoms with Gasteiger partial charge in [-0.3, -0.25) is 0 Å². The second-order valence-electron chi connectivity index (χ2n) is 3.36. The summed E-state index contributed by atoms with van der Waals surface area (Å²) in [7, 11) is 0. The van der Waals surface area contributed by atoms with Crippen molar-refractivity contribution in [2.24, 2.45) is 5.73 Å². The van der Waals surface area contributed by atoms with Crippen LogP contribution in [0.1, 0.15) is 5.56 Å². The zero-order valence-corrected chi connectivity index (χ0v) is 10.0. The van der Waals surface area contributed by atoms with Crippen molar-refractivity contribution in [3.63, 3.8) is 0 Å². The highest BCUT2D eigenvalue weighted by Gasteiger charge is 2.00. The predicted octanol–water partition coefficient (Wildman–Crippen LogP) is 2.62. The highest BCUT2D eigenvalue weighted by Crippen LogP contribution is 2.23. The first-order valence-electron chi connectivity index (χ1n) is 4.72. The molecule has 80 valence electrons. The topological polar surface area (TPSA) is 46.2 Å². The Kier molecular flexibility index (Phi) is 4.12. The van der Waals surface area contributed by atoms with E-state index in [4.69, 9.17) is 5.73 Å². The minimum atomic E-state index is 0. The van der Waals surface area contributed by atoms with E-state index in [-0.39, 0.29) is 17.0 Å². The van der Waals surface area contributed by atoms with E-state index in [9.17, 15) is 5.11 Å². The summed E-state index contributed by atoms with van der Waals surface area (Å²) in [6.07, 6.45) is 0.848. The Morgan fingerprint density at radius 2 is 1.93 bits per heavy atom. The molecule has 2 aromatic carbocycles. The zero-order chi connectivity index (χ0) is 9.97. The molecule has 0 saturated carbocycles. The van der Waals surface area contributed by atoms with E-state index in [0.717, 1.165) is 17.2 Å². The Bertz CT molecular complexity index is 456. The van der Waals surface area contributed by atoms with E-state index in [1.54, 1.807) is 12.1 Å². The summed E-state index contributed by atoms with van der Waals surface area (Å²) in [4.78, 5) is 0. The van der Waals surface area contributed by atoms with Crippen molar-refractivity contribution in [1.82, 2.24) is 0 Å². The molecule has 0 aliphatic heterocycles. The number of hydrogen-bond acceptors (Lipinski definition) is 2. The van der Waals surface area contributed by atoms with E-state index in [1.807, 2.05) is 18.2 Å². The molecule has 15 heavy (non-hydrogen) atoms. The van der Waals surface area contributed by atoms with E-state index >= 15 is 0 Å². The molecule has 0 unspecified atom stereocenters. The molecule has 0 heterocycles. The van der Waals surface area contributed by atoms with Crippen LogP contribution < -0.4 is 5.73 Å². The zero-order valence-electron chi connectivity index (χ0n) is 8.31. The lowest BCUT2D eigenvalue weighted by atomic mass is 10.0. The summed E-state index contributed by atoms with van der Waals surface area (Å²) in [6, 6.07) is 11.5. The van der Waals surface area contributed by atoms with Crippen molar-refractivity contribution in [1.29, 1.82) is 0 Å². The lowest BCUT2D eigenvalue weighted by Crippen LogP contribution is -2.02. The van der Waals surface area contributed by atoms with Gasteiger partial charge in [-0.15, -0.1) is 17.0 Å². The largest absolute Gasteiger partial charge is 0.508 e. The minimum Gasteiger partial charge on any atom is -0.508 e. The molecule has 2 nitrogen and oxygen atoms in total. The van der Waals surface area contributed by atoms with Crippen molar-refractivity contribution in [3.05, 3.63) is 42.0 Å². The number of halogens is 1. The summed E-state index contributed by atoms with van der Waals surface area (Å²) < 4.78 is 0. The SMILES string of the molecule is Br.NCCc1cccc2ccc(O)cc12. The molecule has 0 fully saturated rings. The van der Waals surface area contributed by atoms with Crippen molar-refractivity contribution >= 4 is 27.8 Å². The number of benzene rings is 2. The van der Waals surface area contributed by atoms with Crippen molar-refractivity contribution < 1.29 is 5.11 Å². The monoisotopic (exact) mass is 267 g/mol. The molecule has 0 aromatic heterocycles. The lowest BCUT2D eigenvalue weighted by Gasteiger charge is -2.05. The number of nitrogens with two attached hydrogens (primary N) is 1. The minimum absolute atomic E-state index is 0. The molecule has 0 saturated heterocycles. The second kappa shape index (κ2) is 5.14. The molecule has 0 aliphatic rings. The van der Waals surface area contributed by atoms with Gasteiger partial charge in [0.15, 0.2) is 0 Å². The molecule has 3 N–H and O–H groups in total. The molecular formula is C12H14BrNO. The number of fused-ring (bicyclic) bond motifs is 1. The Morgan fingerprint density at radius 3 is 2.67 bits per heavy atom. The maximum absolute atomic E-state index is 9.39. The van der Waals surface area contributed by atoms with E-state index in [0.29, 0.717) is 12.3 Å². The maximum atomic E-state index is 9.39. The predicted molar refractivity (Wildman–Crippen MR) is 68.7 cm³/mol. The summed E-state index contributed by atoms with van der Waals surface area (Å²) in [5.74, 6) is 0.307. The highest BCUT2D eigenvalue weighted by atomic mass is 79.9. The smallest absolute Gasteiger partial charge is 0.116 e. The molecule has 0 aliphatic carbocycles. The van der Waals surface area contributed by atoms with Gasteiger partial charge in [0.05, 0.1) is 0 Å². The Balaban J connectivity index is 0.00000112. The number of phenolic OH excluding ortho intramolecular Hbond substituents is 1. The van der Waals surface area contributed by atoms with Gasteiger partial charge < -0.3 is 10.8 Å². The van der Waals surface area contributed by atoms with Gasteiger partial charge in [0.2, 0.25) is 0 Å². The van der Waals surface area contributed by atoms with Crippen LogP contribution in [0.5, 0.6) is 5.75 Å². The van der Waals surface area contributed by atoms with Gasteiger partial charge in [-0.1, -0.05) is 24.3 Å². The van der Waals surface area contributed by atoms with Gasteiger partial charge in [0.25, 0.3) is 0 Å². The van der Waals surface area contributed by atoms with Crippen molar-refractivity contribution in [2.75, 3.05) is 6.54 Å². The molecule has 0 spiro atoms. The van der Waals surface area contributed by atoms with Crippen LogP contribution in [0.25, 0.3) is 10.8 Å². The first-order chi connectivity index (χ1) is 6.81. The maximum Gasteiger partial charge on any atom is 0.116 e. The summed E-state index contributed by atoms with van der Waals surface area (Å²) in [5.41, 5.74) is 6.72. The molecule has 0 amide bonds. The van der Waals surface area contributed by atoms with Gasteiger partial charge in [-0.05, 0) is 41.4 Å². The molecule has 3 heteroatoms. The van der Waals surface area contributed by atoms with Crippen molar-refractivity contribution in [3.8, 4) is 5.75 Å². The van der Waals surface area contributed by atoms with Crippen LogP contribution in [0.4, 0.5) is 0 Å². The molecular weight excluding hydrogens is 254 g/mol. The molecule has 0 radical (unpaired) electrons. The fourth-order valence-electron chi connectivity index (χ4n) is 1.70. The van der Waals surface area contributed by atoms with Gasteiger partial charge in [-0.25, -0.2) is 0 Å². The molecule has 2 aromatic rings. The van der Waals surface area contributed by atoms with Crippen LogP contribution in [0.3, 0.4) is 0 Å². The summed E-state index contributed by atoms with van der Waals surface area (Å²) in [5, 5.41) is 11.6. The van der Waals surface area contributed by atoms with Crippen molar-refractivity contribution in [2.45, 2.75) is 6.42 Å².